The van der Waals surface area contributed by atoms with Gasteiger partial charge in [0.2, 0.25) is 0 Å². The van der Waals surface area contributed by atoms with E-state index in [1.54, 1.807) is 0 Å². The van der Waals surface area contributed by atoms with Gasteiger partial charge < -0.3 is 4.74 Å². The number of fused-ring (bicyclic) bond motifs is 2. The van der Waals surface area contributed by atoms with Crippen LogP contribution >= 0.6 is 0 Å². The van der Waals surface area contributed by atoms with E-state index < -0.39 is 0 Å². The third-order valence-corrected chi connectivity index (χ3v) is 8.44. The predicted octanol–water partition coefficient (Wildman–Crippen LogP) is 7.33. The minimum atomic E-state index is 0.296. The molecule has 2 heterocycles. The minimum Gasteiger partial charge on any atom is -0.490 e. The number of rotatable bonds is 7. The number of hydrogen-bond acceptors (Lipinski definition) is 4. The van der Waals surface area contributed by atoms with Crippen molar-refractivity contribution >= 4 is 10.9 Å². The fraction of sp³-hybridized carbons (Fsp3) is 0.438. The zero-order valence-electron chi connectivity index (χ0n) is 22.4. The molecule has 1 fully saturated rings. The van der Waals surface area contributed by atoms with Gasteiger partial charge in [0.1, 0.15) is 5.75 Å². The second-order valence-electron chi connectivity index (χ2n) is 10.9. The molecule has 5 heteroatoms. The van der Waals surface area contributed by atoms with Gasteiger partial charge in [-0.05, 0) is 82.5 Å². The lowest BCUT2D eigenvalue weighted by molar-refractivity contribution is 0.189. The Bertz CT molecular complexity index is 1400. The first-order valence-electron chi connectivity index (χ1n) is 14.0. The summed E-state index contributed by atoms with van der Waals surface area (Å²) in [5.74, 6) is 1.00. The highest BCUT2D eigenvalue weighted by Crippen LogP contribution is 2.38. The summed E-state index contributed by atoms with van der Waals surface area (Å²) in [6, 6.07) is 18.0. The van der Waals surface area contributed by atoms with E-state index in [9.17, 15) is 0 Å². The molecule has 0 amide bonds. The third-order valence-electron chi connectivity index (χ3n) is 8.44. The molecule has 0 saturated heterocycles. The molecule has 0 unspecified atom stereocenters. The molecule has 0 bridgehead atoms. The molecule has 2 aromatic carbocycles. The summed E-state index contributed by atoms with van der Waals surface area (Å²) in [5, 5.41) is 8.94. The van der Waals surface area contributed by atoms with E-state index in [0.717, 1.165) is 59.7 Å². The summed E-state index contributed by atoms with van der Waals surface area (Å²) in [4.78, 5) is 7.69. The third kappa shape index (κ3) is 4.66. The van der Waals surface area contributed by atoms with Crippen molar-refractivity contribution in [3.63, 3.8) is 0 Å². The fourth-order valence-electron chi connectivity index (χ4n) is 6.45. The number of aromatic amines is 1. The van der Waals surface area contributed by atoms with Gasteiger partial charge in [-0.2, -0.15) is 5.10 Å². The maximum Gasteiger partial charge on any atom is 0.128 e. The molecule has 0 spiro atoms. The molecular weight excluding hydrogens is 456 g/mol. The van der Waals surface area contributed by atoms with Gasteiger partial charge in [0.15, 0.2) is 0 Å². The zero-order chi connectivity index (χ0) is 25.4. The van der Waals surface area contributed by atoms with Crippen LogP contribution in [0.15, 0.2) is 48.5 Å². The minimum absolute atomic E-state index is 0.296. The zero-order valence-corrected chi connectivity index (χ0v) is 22.4. The standard InChI is InChI=1S/C32H38N4O/c1-4-27-32-25(16-10-17-28(32)35-34-27)29-19-31(37-23-13-6-7-14-23)26(21(2)33-29)20-36(3)30-18-9-12-22-11-5-8-15-24(22)30/h5,8,10-11,15-17,19,23,30H,4,6-7,9,12-14,18,20H2,1-3H3,(H,34,35)/t30-/m0/s1. The van der Waals surface area contributed by atoms with E-state index in [-0.39, 0.29) is 0 Å². The van der Waals surface area contributed by atoms with Gasteiger partial charge in [-0.25, -0.2) is 0 Å². The van der Waals surface area contributed by atoms with Crippen LogP contribution in [0.1, 0.15) is 79.6 Å². The number of aromatic nitrogens is 3. The van der Waals surface area contributed by atoms with Gasteiger partial charge >= 0.3 is 0 Å². The number of ether oxygens (including phenoxy) is 1. The number of H-pyrrole nitrogens is 1. The molecular formula is C32H38N4O. The second kappa shape index (κ2) is 10.3. The summed E-state index contributed by atoms with van der Waals surface area (Å²) in [6.45, 7) is 5.14. The van der Waals surface area contributed by atoms with E-state index in [0.29, 0.717) is 12.1 Å². The molecule has 2 aliphatic rings. The molecule has 0 aliphatic heterocycles. The molecule has 2 aliphatic carbocycles. The maximum atomic E-state index is 6.77. The highest BCUT2D eigenvalue weighted by atomic mass is 16.5. The van der Waals surface area contributed by atoms with Crippen LogP contribution in [-0.4, -0.2) is 33.2 Å². The van der Waals surface area contributed by atoms with E-state index in [2.05, 4.69) is 84.5 Å². The number of hydrogen-bond donors (Lipinski definition) is 1. The number of aryl methyl sites for hydroxylation is 3. The molecule has 2 aromatic heterocycles. The van der Waals surface area contributed by atoms with Crippen LogP contribution < -0.4 is 4.74 Å². The monoisotopic (exact) mass is 494 g/mol. The molecule has 192 valence electrons. The van der Waals surface area contributed by atoms with Gasteiger partial charge in [-0.15, -0.1) is 0 Å². The van der Waals surface area contributed by atoms with Crippen LogP contribution in [-0.2, 0) is 19.4 Å². The molecule has 5 nitrogen and oxygen atoms in total. The van der Waals surface area contributed by atoms with Crippen LogP contribution in [0.4, 0.5) is 0 Å². The summed E-state index contributed by atoms with van der Waals surface area (Å²) in [6.07, 6.45) is 9.58. The van der Waals surface area contributed by atoms with E-state index in [1.165, 1.54) is 54.2 Å². The highest BCUT2D eigenvalue weighted by Gasteiger charge is 2.27. The van der Waals surface area contributed by atoms with Crippen LogP contribution in [0.25, 0.3) is 22.2 Å². The Morgan fingerprint density at radius 2 is 1.86 bits per heavy atom. The van der Waals surface area contributed by atoms with E-state index in [1.807, 2.05) is 0 Å². The molecule has 37 heavy (non-hydrogen) atoms. The Kier molecular flexibility index (Phi) is 6.72. The van der Waals surface area contributed by atoms with Gasteiger partial charge in [-0.3, -0.25) is 15.0 Å². The normalized spacial score (nSPS) is 18.0. The van der Waals surface area contributed by atoms with Gasteiger partial charge in [0.25, 0.3) is 0 Å². The largest absolute Gasteiger partial charge is 0.490 e. The molecule has 6 rings (SSSR count). The van der Waals surface area contributed by atoms with Gasteiger partial charge in [0.05, 0.1) is 23.0 Å². The van der Waals surface area contributed by atoms with Gasteiger partial charge in [-0.1, -0.05) is 43.3 Å². The molecule has 1 atom stereocenters. The van der Waals surface area contributed by atoms with Crippen LogP contribution in [0.3, 0.4) is 0 Å². The Morgan fingerprint density at radius 3 is 2.70 bits per heavy atom. The molecule has 1 N–H and O–H groups in total. The number of nitrogens with zero attached hydrogens (tertiary/aromatic N) is 3. The quantitative estimate of drug-likeness (QED) is 0.292. The van der Waals surface area contributed by atoms with Crippen molar-refractivity contribution in [3.8, 4) is 17.0 Å². The second-order valence-corrected chi connectivity index (χ2v) is 10.9. The lowest BCUT2D eigenvalue weighted by Gasteiger charge is -2.34. The van der Waals surface area contributed by atoms with Crippen LogP contribution in [0.2, 0.25) is 0 Å². The topological polar surface area (TPSA) is 54.0 Å². The van der Waals surface area contributed by atoms with E-state index in [4.69, 9.17) is 9.72 Å². The first-order valence-corrected chi connectivity index (χ1v) is 14.0. The first-order chi connectivity index (χ1) is 18.1. The average Bonchev–Trinajstić information content (AvgIpc) is 3.59. The molecule has 4 aromatic rings. The van der Waals surface area contributed by atoms with Crippen molar-refractivity contribution in [2.75, 3.05) is 7.05 Å². The first kappa shape index (κ1) is 24.2. The fourth-order valence-corrected chi connectivity index (χ4v) is 6.45. The van der Waals surface area contributed by atoms with Crippen molar-refractivity contribution < 1.29 is 4.74 Å². The predicted molar refractivity (Wildman–Crippen MR) is 150 cm³/mol. The summed E-state index contributed by atoms with van der Waals surface area (Å²) < 4.78 is 6.77. The van der Waals surface area contributed by atoms with Crippen molar-refractivity contribution in [1.82, 2.24) is 20.1 Å². The average molecular weight is 495 g/mol. The summed E-state index contributed by atoms with van der Waals surface area (Å²) >= 11 is 0. The smallest absolute Gasteiger partial charge is 0.128 e. The number of benzene rings is 2. The maximum absolute atomic E-state index is 6.77. The molecule has 1 saturated carbocycles. The Hall–Kier alpha value is -3.18. The number of pyridine rings is 1. The Morgan fingerprint density at radius 1 is 1.03 bits per heavy atom. The molecule has 0 radical (unpaired) electrons. The van der Waals surface area contributed by atoms with E-state index >= 15 is 0 Å². The van der Waals surface area contributed by atoms with Crippen molar-refractivity contribution in [2.45, 2.75) is 83.9 Å². The van der Waals surface area contributed by atoms with Crippen molar-refractivity contribution in [2.24, 2.45) is 0 Å². The SMILES string of the molecule is CCc1n[nH]c2cccc(-c3cc(OC4CCCC4)c(CN(C)[C@H]4CCCc5ccccc54)c(C)n3)c12. The van der Waals surface area contributed by atoms with Crippen molar-refractivity contribution in [1.29, 1.82) is 0 Å². The van der Waals surface area contributed by atoms with Crippen LogP contribution in [0, 0.1) is 6.92 Å². The van der Waals surface area contributed by atoms with Crippen molar-refractivity contribution in [3.05, 3.63) is 76.6 Å². The van der Waals surface area contributed by atoms with Gasteiger partial charge in [0, 0.05) is 40.9 Å². The highest BCUT2D eigenvalue weighted by molar-refractivity contribution is 5.96. The van der Waals surface area contributed by atoms with Crippen LogP contribution in [0.5, 0.6) is 5.75 Å². The summed E-state index contributed by atoms with van der Waals surface area (Å²) in [7, 11) is 2.26. The Labute approximate surface area is 220 Å². The Balaban J connectivity index is 1.39. The number of nitrogens with one attached hydrogen (secondary N) is 1. The lowest BCUT2D eigenvalue weighted by atomic mass is 9.87. The lowest BCUT2D eigenvalue weighted by Crippen LogP contribution is -2.28. The summed E-state index contributed by atoms with van der Waals surface area (Å²) in [5.41, 5.74) is 9.50.